The first kappa shape index (κ1) is 16.8. The number of nitrogens with zero attached hydrogens (tertiary/aromatic N) is 4. The third-order valence-corrected chi connectivity index (χ3v) is 3.63. The van der Waals surface area contributed by atoms with Gasteiger partial charge in [-0.3, -0.25) is 4.98 Å². The molecule has 1 fully saturated rings. The van der Waals surface area contributed by atoms with Crippen molar-refractivity contribution in [3.05, 3.63) is 42.0 Å². The van der Waals surface area contributed by atoms with Gasteiger partial charge in [-0.15, -0.1) is 0 Å². The maximum atomic E-state index is 9.34. The number of hydrogen-bond donors (Lipinski definition) is 4. The van der Waals surface area contributed by atoms with E-state index in [1.807, 2.05) is 0 Å². The van der Waals surface area contributed by atoms with Crippen LogP contribution in [0.15, 0.2) is 36.3 Å². The number of ether oxygens (including phenoxy) is 1. The lowest BCUT2D eigenvalue weighted by Gasteiger charge is -2.20. The number of rotatable bonds is 7. The first-order valence-electron chi connectivity index (χ1n) is 7.89. The quantitative estimate of drug-likeness (QED) is 0.422. The summed E-state index contributed by atoms with van der Waals surface area (Å²) in [6.07, 6.45) is 5.28. The molecule has 0 saturated heterocycles. The third kappa shape index (κ3) is 4.48. The van der Waals surface area contributed by atoms with Crippen LogP contribution < -0.4 is 21.6 Å². The summed E-state index contributed by atoms with van der Waals surface area (Å²) in [6, 6.07) is 5.23. The average Bonchev–Trinajstić information content (AvgIpc) is 3.39. The van der Waals surface area contributed by atoms with Crippen molar-refractivity contribution in [3.63, 3.8) is 0 Å². The molecule has 9 heteroatoms. The summed E-state index contributed by atoms with van der Waals surface area (Å²) in [5.41, 5.74) is 7.73. The highest BCUT2D eigenvalue weighted by Gasteiger charge is 2.24. The third-order valence-electron chi connectivity index (χ3n) is 3.63. The number of hydrogen-bond acceptors (Lipinski definition) is 9. The van der Waals surface area contributed by atoms with E-state index >= 15 is 0 Å². The molecule has 2 aromatic rings. The Kier molecular flexibility index (Phi) is 4.85. The zero-order valence-electron chi connectivity index (χ0n) is 13.9. The lowest BCUT2D eigenvalue weighted by atomic mass is 10.2. The molecule has 1 aliphatic rings. The molecule has 1 aliphatic carbocycles. The molecule has 0 unspecified atom stereocenters. The Hall–Kier alpha value is -3.07. The molecule has 1 saturated carbocycles. The Morgan fingerprint density at radius 2 is 2.16 bits per heavy atom. The molecule has 6 N–H and O–H groups in total. The molecule has 2 aromatic heterocycles. The van der Waals surface area contributed by atoms with Crippen LogP contribution in [0.1, 0.15) is 18.5 Å². The molecular weight excluding hydrogens is 322 g/mol. The van der Waals surface area contributed by atoms with Gasteiger partial charge in [0.05, 0.1) is 29.8 Å². The summed E-state index contributed by atoms with van der Waals surface area (Å²) in [4.78, 5) is 12.5. The minimum atomic E-state index is 0.0708. The predicted octanol–water partition coefficient (Wildman–Crippen LogP) is 0.663. The summed E-state index contributed by atoms with van der Waals surface area (Å²) in [5.74, 6) is 6.57. The van der Waals surface area contributed by atoms with Crippen molar-refractivity contribution in [3.8, 4) is 11.8 Å². The molecule has 3 rings (SSSR count). The Morgan fingerprint density at radius 3 is 2.80 bits per heavy atom. The minimum Gasteiger partial charge on any atom is -0.506 e. The number of likely N-dealkylation sites (N-methyl/N-ethyl adjacent to an activating group) is 1. The average molecular weight is 343 g/mol. The van der Waals surface area contributed by atoms with Crippen LogP contribution in [0.4, 0.5) is 5.82 Å². The second-order valence-corrected chi connectivity index (χ2v) is 5.77. The highest BCUT2D eigenvalue weighted by molar-refractivity contribution is 5.63. The maximum Gasteiger partial charge on any atom is 0.318 e. The van der Waals surface area contributed by atoms with Crippen LogP contribution in [0, 0.1) is 0 Å². The number of nitrogens with one attached hydrogen (secondary N) is 1. The fraction of sp³-hybridized carbons (Fsp3) is 0.312. The smallest absolute Gasteiger partial charge is 0.318 e. The Bertz CT molecular complexity index is 757. The number of anilines is 1. The van der Waals surface area contributed by atoms with E-state index in [2.05, 4.69) is 20.3 Å². The molecule has 0 bridgehead atoms. The van der Waals surface area contributed by atoms with E-state index in [0.29, 0.717) is 35.5 Å². The Labute approximate surface area is 145 Å². The molecule has 0 aromatic carbocycles. The number of nitrogens with two attached hydrogens (primary N) is 2. The van der Waals surface area contributed by atoms with Gasteiger partial charge in [-0.1, -0.05) is 0 Å². The predicted molar refractivity (Wildman–Crippen MR) is 93.1 cm³/mol. The monoisotopic (exact) mass is 343 g/mol. The van der Waals surface area contributed by atoms with Gasteiger partial charge in [-0.05, 0) is 31.0 Å². The van der Waals surface area contributed by atoms with E-state index < -0.39 is 0 Å². The van der Waals surface area contributed by atoms with Gasteiger partial charge in [-0.2, -0.15) is 4.98 Å². The topological polar surface area (TPSA) is 135 Å². The number of pyridine rings is 1. The second kappa shape index (κ2) is 7.22. The van der Waals surface area contributed by atoms with E-state index in [1.165, 1.54) is 17.3 Å². The largest absolute Gasteiger partial charge is 0.506 e. The van der Waals surface area contributed by atoms with E-state index in [4.69, 9.17) is 16.3 Å². The first-order valence-corrected chi connectivity index (χ1v) is 7.89. The zero-order valence-corrected chi connectivity index (χ0v) is 13.9. The summed E-state index contributed by atoms with van der Waals surface area (Å²) in [5, 5.41) is 13.9. The fourth-order valence-corrected chi connectivity index (χ4v) is 2.11. The van der Waals surface area contributed by atoms with Crippen LogP contribution in [-0.4, -0.2) is 44.8 Å². The zero-order chi connectivity index (χ0) is 17.8. The van der Waals surface area contributed by atoms with Gasteiger partial charge < -0.3 is 25.9 Å². The molecule has 0 spiro atoms. The molecular formula is C16H21N7O2. The van der Waals surface area contributed by atoms with E-state index in [-0.39, 0.29) is 11.9 Å². The van der Waals surface area contributed by atoms with Crippen molar-refractivity contribution in [2.24, 2.45) is 11.6 Å². The normalized spacial score (nSPS) is 14.6. The van der Waals surface area contributed by atoms with Crippen LogP contribution in [0.3, 0.4) is 0 Å². The van der Waals surface area contributed by atoms with Crippen LogP contribution in [0.25, 0.3) is 5.70 Å². The second-order valence-electron chi connectivity index (χ2n) is 5.77. The van der Waals surface area contributed by atoms with E-state index in [1.54, 1.807) is 25.4 Å². The lowest BCUT2D eigenvalue weighted by Crippen LogP contribution is -2.32. The van der Waals surface area contributed by atoms with E-state index in [9.17, 15) is 5.11 Å². The molecule has 25 heavy (non-hydrogen) atoms. The summed E-state index contributed by atoms with van der Waals surface area (Å²) >= 11 is 0. The standard InChI is InChI=1S/C16H21N7O2/c1-23(18)13(15(17)12-5-2-10(24)8-20-12)9-21-14-6-7-19-16(22-14)25-11-3-4-11/h2,5-8,11,24H,3-4,9,17-18H2,1H3,(H,19,21,22)/b15-13-. The molecule has 0 atom stereocenters. The van der Waals surface area contributed by atoms with Crippen LogP contribution in [-0.2, 0) is 0 Å². The van der Waals surface area contributed by atoms with Gasteiger partial charge in [0.25, 0.3) is 0 Å². The number of aromatic nitrogens is 3. The molecule has 132 valence electrons. The Balaban J connectivity index is 1.73. The van der Waals surface area contributed by atoms with Crippen LogP contribution in [0.5, 0.6) is 11.8 Å². The van der Waals surface area contributed by atoms with E-state index in [0.717, 1.165) is 12.8 Å². The maximum absolute atomic E-state index is 9.34. The number of hydrazine groups is 1. The SMILES string of the molecule is CN(N)/C(CNc1ccnc(OC2CC2)n1)=C(\N)c1ccc(O)cn1. The van der Waals surface area contributed by atoms with Crippen LogP contribution in [0.2, 0.25) is 0 Å². The summed E-state index contributed by atoms with van der Waals surface area (Å²) in [6.45, 7) is 0.335. The molecule has 9 nitrogen and oxygen atoms in total. The van der Waals surface area contributed by atoms with Gasteiger partial charge >= 0.3 is 6.01 Å². The lowest BCUT2D eigenvalue weighted by molar-refractivity contribution is 0.278. The van der Waals surface area contributed by atoms with Crippen molar-refractivity contribution in [1.29, 1.82) is 0 Å². The van der Waals surface area contributed by atoms with Crippen molar-refractivity contribution < 1.29 is 9.84 Å². The van der Waals surface area contributed by atoms with Gasteiger partial charge in [-0.25, -0.2) is 10.8 Å². The molecule has 2 heterocycles. The van der Waals surface area contributed by atoms with Gasteiger partial charge in [0.15, 0.2) is 0 Å². The summed E-state index contributed by atoms with van der Waals surface area (Å²) < 4.78 is 5.58. The van der Waals surface area contributed by atoms with Crippen molar-refractivity contribution in [2.45, 2.75) is 18.9 Å². The van der Waals surface area contributed by atoms with Gasteiger partial charge in [0.1, 0.15) is 17.7 Å². The van der Waals surface area contributed by atoms with Crippen molar-refractivity contribution in [1.82, 2.24) is 20.0 Å². The van der Waals surface area contributed by atoms with Crippen molar-refractivity contribution >= 4 is 11.5 Å². The molecule has 0 amide bonds. The Morgan fingerprint density at radius 1 is 1.36 bits per heavy atom. The van der Waals surface area contributed by atoms with Crippen LogP contribution >= 0.6 is 0 Å². The molecule has 0 radical (unpaired) electrons. The highest BCUT2D eigenvalue weighted by atomic mass is 16.5. The van der Waals surface area contributed by atoms with Gasteiger partial charge in [0, 0.05) is 13.2 Å². The van der Waals surface area contributed by atoms with Gasteiger partial charge in [0.2, 0.25) is 0 Å². The summed E-state index contributed by atoms with van der Waals surface area (Å²) in [7, 11) is 1.69. The number of aromatic hydroxyl groups is 1. The highest BCUT2D eigenvalue weighted by Crippen LogP contribution is 2.25. The van der Waals surface area contributed by atoms with Crippen molar-refractivity contribution in [2.75, 3.05) is 18.9 Å². The fourth-order valence-electron chi connectivity index (χ4n) is 2.11. The first-order chi connectivity index (χ1) is 12.0. The minimum absolute atomic E-state index is 0.0708. The molecule has 0 aliphatic heterocycles.